The van der Waals surface area contributed by atoms with E-state index in [1.165, 1.54) is 24.1 Å². The number of halogens is 1. The van der Waals surface area contributed by atoms with Gasteiger partial charge in [-0.15, -0.1) is 0 Å². The lowest BCUT2D eigenvalue weighted by Crippen LogP contribution is -2.27. The van der Waals surface area contributed by atoms with Crippen LogP contribution in [-0.2, 0) is 19.4 Å². The van der Waals surface area contributed by atoms with Gasteiger partial charge in [-0.2, -0.15) is 5.10 Å². The Balaban J connectivity index is 1.78. The first-order valence-corrected chi connectivity index (χ1v) is 8.91. The molecule has 0 radical (unpaired) electrons. The van der Waals surface area contributed by atoms with Crippen LogP contribution in [0.15, 0.2) is 18.2 Å². The normalized spacial score (nSPS) is 13.4. The van der Waals surface area contributed by atoms with E-state index in [4.69, 9.17) is 22.1 Å². The number of hydrogen-bond donors (Lipinski definition) is 2. The molecule has 1 aliphatic carbocycles. The molecule has 0 spiro atoms. The molecule has 3 N–H and O–H groups in total. The highest BCUT2D eigenvalue weighted by atomic mass is 35.5. The summed E-state index contributed by atoms with van der Waals surface area (Å²) in [6.45, 7) is 1.18. The van der Waals surface area contributed by atoms with Gasteiger partial charge in [-0.1, -0.05) is 11.6 Å². The van der Waals surface area contributed by atoms with E-state index in [1.54, 1.807) is 30.1 Å². The summed E-state index contributed by atoms with van der Waals surface area (Å²) in [5, 5.41) is 8.02. The number of aromatic amines is 1. The van der Waals surface area contributed by atoms with Crippen molar-refractivity contribution in [1.29, 1.82) is 0 Å². The van der Waals surface area contributed by atoms with E-state index < -0.39 is 0 Å². The third kappa shape index (κ3) is 3.96. The first-order chi connectivity index (χ1) is 12.1. The van der Waals surface area contributed by atoms with E-state index in [1.807, 2.05) is 0 Å². The lowest BCUT2D eigenvalue weighted by Gasteiger charge is -2.20. The van der Waals surface area contributed by atoms with Crippen molar-refractivity contribution < 1.29 is 9.53 Å². The van der Waals surface area contributed by atoms with Gasteiger partial charge in [0, 0.05) is 24.3 Å². The van der Waals surface area contributed by atoms with Gasteiger partial charge in [-0.05, 0) is 49.4 Å². The number of rotatable bonds is 6. The molecule has 0 aliphatic heterocycles. The second-order valence-electron chi connectivity index (χ2n) is 6.27. The van der Waals surface area contributed by atoms with Gasteiger partial charge in [0.05, 0.1) is 17.8 Å². The molecule has 0 fully saturated rings. The zero-order valence-corrected chi connectivity index (χ0v) is 15.1. The van der Waals surface area contributed by atoms with Crippen LogP contribution in [-0.4, -0.2) is 41.2 Å². The van der Waals surface area contributed by atoms with Crippen molar-refractivity contribution in [2.75, 3.05) is 20.2 Å². The number of nitrogens with two attached hydrogens (primary N) is 1. The molecule has 1 aliphatic rings. The quantitative estimate of drug-likeness (QED) is 0.827. The maximum absolute atomic E-state index is 12.9. The summed E-state index contributed by atoms with van der Waals surface area (Å²) in [6, 6.07) is 5.04. The summed E-state index contributed by atoms with van der Waals surface area (Å²) in [4.78, 5) is 14.5. The molecular weight excluding hydrogens is 340 g/mol. The van der Waals surface area contributed by atoms with Gasteiger partial charge in [0.15, 0.2) is 0 Å². The van der Waals surface area contributed by atoms with Crippen molar-refractivity contribution in [3.05, 3.63) is 45.7 Å². The Morgan fingerprint density at radius 2 is 2.20 bits per heavy atom. The van der Waals surface area contributed by atoms with Gasteiger partial charge in [-0.3, -0.25) is 9.89 Å². The highest BCUT2D eigenvalue weighted by Gasteiger charge is 2.22. The molecule has 1 heterocycles. The van der Waals surface area contributed by atoms with Crippen molar-refractivity contribution in [1.82, 2.24) is 15.1 Å². The minimum atomic E-state index is -0.151. The van der Waals surface area contributed by atoms with Gasteiger partial charge < -0.3 is 15.4 Å². The largest absolute Gasteiger partial charge is 0.491 e. The van der Waals surface area contributed by atoms with Crippen molar-refractivity contribution >= 4 is 17.5 Å². The van der Waals surface area contributed by atoms with Crippen LogP contribution in [0.1, 0.15) is 40.2 Å². The van der Waals surface area contributed by atoms with E-state index in [2.05, 4.69) is 10.2 Å². The van der Waals surface area contributed by atoms with Gasteiger partial charge in [0.1, 0.15) is 12.4 Å². The summed E-state index contributed by atoms with van der Waals surface area (Å²) < 4.78 is 5.59. The Morgan fingerprint density at radius 1 is 1.40 bits per heavy atom. The molecule has 7 heteroatoms. The summed E-state index contributed by atoms with van der Waals surface area (Å²) >= 11 is 6.07. The third-order valence-corrected chi connectivity index (χ3v) is 4.66. The molecule has 0 atom stereocenters. The minimum absolute atomic E-state index is 0.151. The maximum Gasteiger partial charge on any atom is 0.257 e. The van der Waals surface area contributed by atoms with Gasteiger partial charge in [0.25, 0.3) is 5.91 Å². The monoisotopic (exact) mass is 362 g/mol. The molecule has 0 saturated heterocycles. The molecule has 1 aromatic carbocycles. The van der Waals surface area contributed by atoms with Crippen molar-refractivity contribution in [3.8, 4) is 5.75 Å². The molecule has 0 unspecified atom stereocenters. The van der Waals surface area contributed by atoms with Crippen molar-refractivity contribution in [2.24, 2.45) is 5.73 Å². The van der Waals surface area contributed by atoms with Crippen molar-refractivity contribution in [2.45, 2.75) is 32.2 Å². The Morgan fingerprint density at radius 3 is 3.00 bits per heavy atom. The van der Waals surface area contributed by atoms with E-state index in [-0.39, 0.29) is 5.91 Å². The number of nitrogens with zero attached hydrogens (tertiary/aromatic N) is 2. The molecular formula is C18H23ClN4O2. The zero-order chi connectivity index (χ0) is 17.8. The number of H-pyrrole nitrogens is 1. The predicted octanol–water partition coefficient (Wildman–Crippen LogP) is 2.55. The highest BCUT2D eigenvalue weighted by Crippen LogP contribution is 2.26. The second-order valence-corrected chi connectivity index (χ2v) is 6.71. The van der Waals surface area contributed by atoms with Crippen LogP contribution in [0.2, 0.25) is 5.02 Å². The zero-order valence-electron chi connectivity index (χ0n) is 14.3. The van der Waals surface area contributed by atoms with E-state index in [0.717, 1.165) is 18.5 Å². The highest BCUT2D eigenvalue weighted by molar-refractivity contribution is 6.31. The topological polar surface area (TPSA) is 84.2 Å². The molecule has 2 aromatic rings. The van der Waals surface area contributed by atoms with Gasteiger partial charge >= 0.3 is 0 Å². The van der Waals surface area contributed by atoms with Crippen molar-refractivity contribution in [3.63, 3.8) is 0 Å². The second kappa shape index (κ2) is 7.89. The predicted molar refractivity (Wildman–Crippen MR) is 97.0 cm³/mol. The van der Waals surface area contributed by atoms with Crippen LogP contribution in [0, 0.1) is 0 Å². The average molecular weight is 363 g/mol. The van der Waals surface area contributed by atoms with Crippen LogP contribution in [0.5, 0.6) is 5.75 Å². The fourth-order valence-electron chi connectivity index (χ4n) is 3.15. The SMILES string of the molecule is CN(Cc1n[nH]c2c1CCCC2)C(=O)c1cc(Cl)ccc1OCCN. The summed E-state index contributed by atoms with van der Waals surface area (Å²) in [5.41, 5.74) is 9.33. The smallest absolute Gasteiger partial charge is 0.257 e. The molecule has 3 rings (SSSR count). The van der Waals surface area contributed by atoms with Crippen LogP contribution in [0.4, 0.5) is 0 Å². The Hall–Kier alpha value is -2.05. The fraction of sp³-hybridized carbons (Fsp3) is 0.444. The van der Waals surface area contributed by atoms with E-state index in [0.29, 0.717) is 36.0 Å². The minimum Gasteiger partial charge on any atom is -0.491 e. The van der Waals surface area contributed by atoms with Gasteiger partial charge in [-0.25, -0.2) is 0 Å². The number of nitrogens with one attached hydrogen (secondary N) is 1. The third-order valence-electron chi connectivity index (χ3n) is 4.42. The first kappa shape index (κ1) is 17.8. The van der Waals surface area contributed by atoms with Crippen LogP contribution >= 0.6 is 11.6 Å². The number of fused-ring (bicyclic) bond motifs is 1. The number of aromatic nitrogens is 2. The van der Waals surface area contributed by atoms with E-state index >= 15 is 0 Å². The standard InChI is InChI=1S/C18H23ClN4O2/c1-23(11-16-13-4-2-3-5-15(13)21-22-16)18(24)14-10-12(19)6-7-17(14)25-9-8-20/h6-7,10H,2-5,8-9,11,20H2,1H3,(H,21,22). The van der Waals surface area contributed by atoms with Crippen LogP contribution in [0.3, 0.4) is 0 Å². The number of carbonyl (C=O) groups is 1. The average Bonchev–Trinajstić information content (AvgIpc) is 3.03. The first-order valence-electron chi connectivity index (χ1n) is 8.53. The molecule has 1 aromatic heterocycles. The number of carbonyl (C=O) groups excluding carboxylic acids is 1. The Labute approximate surface area is 152 Å². The molecule has 6 nitrogen and oxygen atoms in total. The lowest BCUT2D eigenvalue weighted by atomic mass is 9.96. The Kier molecular flexibility index (Phi) is 5.60. The molecule has 0 saturated carbocycles. The molecule has 0 bridgehead atoms. The maximum atomic E-state index is 12.9. The summed E-state index contributed by atoms with van der Waals surface area (Å²) in [6.07, 6.45) is 4.41. The Bertz CT molecular complexity index is 760. The molecule has 25 heavy (non-hydrogen) atoms. The number of amides is 1. The number of hydrogen-bond acceptors (Lipinski definition) is 4. The summed E-state index contributed by atoms with van der Waals surface area (Å²) in [5.74, 6) is 0.345. The molecule has 134 valence electrons. The summed E-state index contributed by atoms with van der Waals surface area (Å²) in [7, 11) is 1.76. The lowest BCUT2D eigenvalue weighted by molar-refractivity contribution is 0.0778. The fourth-order valence-corrected chi connectivity index (χ4v) is 3.32. The van der Waals surface area contributed by atoms with E-state index in [9.17, 15) is 4.79 Å². The van der Waals surface area contributed by atoms with Crippen LogP contribution in [0.25, 0.3) is 0 Å². The number of aryl methyl sites for hydroxylation is 1. The van der Waals surface area contributed by atoms with Gasteiger partial charge in [0.2, 0.25) is 0 Å². The molecule has 1 amide bonds. The number of ether oxygens (including phenoxy) is 1. The number of benzene rings is 1. The van der Waals surface area contributed by atoms with Crippen LogP contribution < -0.4 is 10.5 Å².